The molecule has 0 bridgehead atoms. The number of hydrogen-bond acceptors (Lipinski definition) is 5. The van der Waals surface area contributed by atoms with E-state index < -0.39 is 0 Å². The lowest BCUT2D eigenvalue weighted by Crippen LogP contribution is -2.20. The minimum atomic E-state index is -0.194. The van der Waals surface area contributed by atoms with Crippen molar-refractivity contribution in [1.29, 1.82) is 0 Å². The van der Waals surface area contributed by atoms with Crippen molar-refractivity contribution in [3.05, 3.63) is 102 Å². The zero-order valence-corrected chi connectivity index (χ0v) is 16.2. The van der Waals surface area contributed by atoms with Gasteiger partial charge in [0.25, 0.3) is 0 Å². The summed E-state index contributed by atoms with van der Waals surface area (Å²) in [5.74, 6) is 0.561. The Labute approximate surface area is 174 Å². The summed E-state index contributed by atoms with van der Waals surface area (Å²) in [6.07, 6.45) is 6.51. The SMILES string of the molecule is O=C(C=Cc1cnc2ccccc2n1)NCc1ccc(OCc2ccccn2)cc1. The van der Waals surface area contributed by atoms with Crippen molar-refractivity contribution in [1.82, 2.24) is 20.3 Å². The van der Waals surface area contributed by atoms with Gasteiger partial charge in [-0.2, -0.15) is 0 Å². The molecule has 6 nitrogen and oxygen atoms in total. The first-order valence-electron chi connectivity index (χ1n) is 9.56. The highest BCUT2D eigenvalue weighted by Gasteiger charge is 2.01. The summed E-state index contributed by atoms with van der Waals surface area (Å²) in [7, 11) is 0. The summed E-state index contributed by atoms with van der Waals surface area (Å²) in [4.78, 5) is 25.1. The average molecular weight is 396 g/mol. The van der Waals surface area contributed by atoms with E-state index in [0.717, 1.165) is 28.0 Å². The topological polar surface area (TPSA) is 77.0 Å². The number of fused-ring (bicyclic) bond motifs is 1. The molecular formula is C24H20N4O2. The second-order valence-corrected chi connectivity index (χ2v) is 6.59. The zero-order valence-electron chi connectivity index (χ0n) is 16.2. The summed E-state index contributed by atoms with van der Waals surface area (Å²) in [6.45, 7) is 0.840. The fourth-order valence-electron chi connectivity index (χ4n) is 2.81. The molecule has 0 spiro atoms. The van der Waals surface area contributed by atoms with Crippen LogP contribution >= 0.6 is 0 Å². The van der Waals surface area contributed by atoms with Crippen LogP contribution in [-0.2, 0) is 17.9 Å². The van der Waals surface area contributed by atoms with Gasteiger partial charge in [0.1, 0.15) is 12.4 Å². The number of benzene rings is 2. The van der Waals surface area contributed by atoms with Gasteiger partial charge in [-0.3, -0.25) is 14.8 Å². The molecule has 0 unspecified atom stereocenters. The minimum Gasteiger partial charge on any atom is -0.487 e. The number of nitrogens with one attached hydrogen (secondary N) is 1. The zero-order chi connectivity index (χ0) is 20.6. The van der Waals surface area contributed by atoms with Crippen LogP contribution in [-0.4, -0.2) is 20.9 Å². The lowest BCUT2D eigenvalue weighted by molar-refractivity contribution is -0.116. The number of ether oxygens (including phenoxy) is 1. The van der Waals surface area contributed by atoms with Gasteiger partial charge in [0, 0.05) is 18.8 Å². The van der Waals surface area contributed by atoms with E-state index >= 15 is 0 Å². The molecule has 1 amide bonds. The van der Waals surface area contributed by atoms with Crippen LogP contribution in [0, 0.1) is 0 Å². The quantitative estimate of drug-likeness (QED) is 0.479. The number of carbonyl (C=O) groups is 1. The Morgan fingerprint density at radius 1 is 0.933 bits per heavy atom. The second-order valence-electron chi connectivity index (χ2n) is 6.59. The van der Waals surface area contributed by atoms with Crippen LogP contribution in [0.15, 0.2) is 85.2 Å². The summed E-state index contributed by atoms with van der Waals surface area (Å²) < 4.78 is 5.72. The molecule has 0 saturated carbocycles. The van der Waals surface area contributed by atoms with Gasteiger partial charge in [0.2, 0.25) is 5.91 Å². The molecule has 6 heteroatoms. The molecule has 2 aromatic heterocycles. The predicted octanol–water partition coefficient (Wildman–Crippen LogP) is 3.93. The number of hydrogen-bond donors (Lipinski definition) is 1. The molecule has 4 rings (SSSR count). The van der Waals surface area contributed by atoms with Crippen molar-refractivity contribution < 1.29 is 9.53 Å². The van der Waals surface area contributed by atoms with Gasteiger partial charge in [0.05, 0.1) is 28.6 Å². The number of carbonyl (C=O) groups excluding carboxylic acids is 1. The monoisotopic (exact) mass is 396 g/mol. The third-order valence-corrected chi connectivity index (χ3v) is 4.38. The third-order valence-electron chi connectivity index (χ3n) is 4.38. The molecule has 30 heavy (non-hydrogen) atoms. The van der Waals surface area contributed by atoms with Gasteiger partial charge in [-0.05, 0) is 48.0 Å². The van der Waals surface area contributed by atoms with Crippen LogP contribution in [0.4, 0.5) is 0 Å². The van der Waals surface area contributed by atoms with E-state index in [1.54, 1.807) is 18.5 Å². The van der Waals surface area contributed by atoms with E-state index in [1.165, 1.54) is 6.08 Å². The Hall–Kier alpha value is -4.06. The van der Waals surface area contributed by atoms with Crippen LogP contribution in [0.2, 0.25) is 0 Å². The summed E-state index contributed by atoms with van der Waals surface area (Å²) >= 11 is 0. The normalized spacial score (nSPS) is 10.9. The molecule has 1 N–H and O–H groups in total. The highest BCUT2D eigenvalue weighted by Crippen LogP contribution is 2.14. The number of amides is 1. The fraction of sp³-hybridized carbons (Fsp3) is 0.0833. The van der Waals surface area contributed by atoms with Crippen molar-refractivity contribution in [2.24, 2.45) is 0 Å². The first kappa shape index (κ1) is 19.3. The highest BCUT2D eigenvalue weighted by atomic mass is 16.5. The van der Waals surface area contributed by atoms with Crippen molar-refractivity contribution in [2.75, 3.05) is 0 Å². The van der Waals surface area contributed by atoms with Crippen molar-refractivity contribution in [3.8, 4) is 5.75 Å². The Morgan fingerprint density at radius 3 is 2.53 bits per heavy atom. The number of aromatic nitrogens is 3. The predicted molar refractivity (Wildman–Crippen MR) is 115 cm³/mol. The average Bonchev–Trinajstić information content (AvgIpc) is 2.81. The van der Waals surface area contributed by atoms with Crippen LogP contribution < -0.4 is 10.1 Å². The van der Waals surface area contributed by atoms with E-state index in [-0.39, 0.29) is 5.91 Å². The molecule has 0 fully saturated rings. The maximum atomic E-state index is 12.1. The molecule has 0 aliphatic carbocycles. The van der Waals surface area contributed by atoms with Gasteiger partial charge in [-0.1, -0.05) is 30.3 Å². The maximum absolute atomic E-state index is 12.1. The van der Waals surface area contributed by atoms with Gasteiger partial charge in [-0.15, -0.1) is 0 Å². The Bertz CT molecular complexity index is 1160. The lowest BCUT2D eigenvalue weighted by Gasteiger charge is -2.07. The standard InChI is InChI=1S/C24H20N4O2/c29-24(13-10-19-16-26-22-6-1-2-7-23(22)28-19)27-15-18-8-11-21(12-9-18)30-17-20-5-3-4-14-25-20/h1-14,16H,15,17H2,(H,27,29). The smallest absolute Gasteiger partial charge is 0.244 e. The molecule has 148 valence electrons. The summed E-state index contributed by atoms with van der Waals surface area (Å²) in [6, 6.07) is 20.9. The second kappa shape index (κ2) is 9.43. The number of pyridine rings is 1. The summed E-state index contributed by atoms with van der Waals surface area (Å²) in [5.41, 5.74) is 4.11. The maximum Gasteiger partial charge on any atom is 0.244 e. The number of rotatable bonds is 7. The molecule has 4 aromatic rings. The van der Waals surface area contributed by atoms with Crippen LogP contribution in [0.1, 0.15) is 17.0 Å². The lowest BCUT2D eigenvalue weighted by atomic mass is 10.2. The van der Waals surface area contributed by atoms with E-state index in [4.69, 9.17) is 4.74 Å². The van der Waals surface area contributed by atoms with Gasteiger partial charge in [0.15, 0.2) is 0 Å². The molecule has 2 heterocycles. The molecule has 0 atom stereocenters. The van der Waals surface area contributed by atoms with E-state index in [2.05, 4.69) is 20.3 Å². The molecule has 0 aliphatic rings. The third kappa shape index (κ3) is 5.26. The van der Waals surface area contributed by atoms with Crippen molar-refractivity contribution in [3.63, 3.8) is 0 Å². The molecule has 0 saturated heterocycles. The van der Waals surface area contributed by atoms with Gasteiger partial charge in [-0.25, -0.2) is 4.98 Å². The molecular weight excluding hydrogens is 376 g/mol. The van der Waals surface area contributed by atoms with Crippen LogP contribution in [0.5, 0.6) is 5.75 Å². The van der Waals surface area contributed by atoms with Crippen molar-refractivity contribution in [2.45, 2.75) is 13.2 Å². The van der Waals surface area contributed by atoms with Crippen LogP contribution in [0.3, 0.4) is 0 Å². The molecule has 0 radical (unpaired) electrons. The van der Waals surface area contributed by atoms with Crippen LogP contribution in [0.25, 0.3) is 17.1 Å². The Balaban J connectivity index is 1.27. The van der Waals surface area contributed by atoms with E-state index in [0.29, 0.717) is 18.8 Å². The Morgan fingerprint density at radius 2 is 1.73 bits per heavy atom. The Kier molecular flexibility index (Phi) is 6.05. The van der Waals surface area contributed by atoms with Crippen molar-refractivity contribution >= 4 is 23.0 Å². The molecule has 0 aliphatic heterocycles. The summed E-state index contributed by atoms with van der Waals surface area (Å²) in [5, 5.41) is 2.86. The largest absolute Gasteiger partial charge is 0.487 e. The number of para-hydroxylation sites is 2. The minimum absolute atomic E-state index is 0.194. The number of nitrogens with zero attached hydrogens (tertiary/aromatic N) is 3. The van der Waals surface area contributed by atoms with E-state index in [9.17, 15) is 4.79 Å². The first-order chi connectivity index (χ1) is 14.8. The first-order valence-corrected chi connectivity index (χ1v) is 9.56. The molecule has 2 aromatic carbocycles. The fourth-order valence-corrected chi connectivity index (χ4v) is 2.81. The van der Waals surface area contributed by atoms with Gasteiger partial charge < -0.3 is 10.1 Å². The van der Waals surface area contributed by atoms with E-state index in [1.807, 2.05) is 66.7 Å². The highest BCUT2D eigenvalue weighted by molar-refractivity contribution is 5.91. The van der Waals surface area contributed by atoms with Gasteiger partial charge >= 0.3 is 0 Å².